The third kappa shape index (κ3) is 5.21. The maximum absolute atomic E-state index is 13.2. The molecule has 0 radical (unpaired) electrons. The first kappa shape index (κ1) is 21.9. The number of benzene rings is 2. The molecule has 1 saturated heterocycles. The molecule has 3 rings (SSSR count). The standard InChI is InChI=1S/C23H27N3O3S/c1-4-10-16(2)26-22(28)20(15-21(27)24-17-11-6-5-7-12-17)30-23(26)25-18-13-8-9-14-19(18)29-3/h5-9,11-14,16,20H,4,10,15H2,1-3H3,(H,24,27)/t16-,20+/m0/s1. The zero-order valence-corrected chi connectivity index (χ0v) is 18.3. The summed E-state index contributed by atoms with van der Waals surface area (Å²) in [5, 5.41) is 2.97. The Morgan fingerprint density at radius 2 is 1.90 bits per heavy atom. The van der Waals surface area contributed by atoms with Crippen LogP contribution in [0.3, 0.4) is 0 Å². The van der Waals surface area contributed by atoms with Crippen molar-refractivity contribution >= 4 is 40.1 Å². The van der Waals surface area contributed by atoms with Crippen molar-refractivity contribution in [3.63, 3.8) is 0 Å². The van der Waals surface area contributed by atoms with E-state index in [0.717, 1.165) is 18.5 Å². The summed E-state index contributed by atoms with van der Waals surface area (Å²) in [5.74, 6) is 0.387. The van der Waals surface area contributed by atoms with Crippen LogP contribution >= 0.6 is 11.8 Å². The largest absolute Gasteiger partial charge is 0.494 e. The minimum absolute atomic E-state index is 0.00522. The van der Waals surface area contributed by atoms with Crippen LogP contribution in [-0.2, 0) is 9.59 Å². The number of hydrogen-bond acceptors (Lipinski definition) is 5. The highest BCUT2D eigenvalue weighted by Gasteiger charge is 2.41. The Balaban J connectivity index is 1.82. The Kier molecular flexibility index (Phi) is 7.52. The number of hydrogen-bond donors (Lipinski definition) is 1. The molecule has 7 heteroatoms. The molecule has 0 saturated carbocycles. The van der Waals surface area contributed by atoms with Crippen molar-refractivity contribution < 1.29 is 14.3 Å². The van der Waals surface area contributed by atoms with Gasteiger partial charge in [0.1, 0.15) is 16.7 Å². The summed E-state index contributed by atoms with van der Waals surface area (Å²) in [6, 6.07) is 16.7. The molecule has 1 heterocycles. The number of anilines is 1. The Bertz CT molecular complexity index is 917. The number of para-hydroxylation sites is 3. The molecule has 2 amide bonds. The second-order valence-corrected chi connectivity index (χ2v) is 8.31. The second kappa shape index (κ2) is 10.3. The van der Waals surface area contributed by atoms with Crippen molar-refractivity contribution in [2.75, 3.05) is 12.4 Å². The lowest BCUT2D eigenvalue weighted by molar-refractivity contribution is -0.129. The van der Waals surface area contributed by atoms with Gasteiger partial charge < -0.3 is 10.1 Å². The molecule has 0 spiro atoms. The summed E-state index contributed by atoms with van der Waals surface area (Å²) in [5.41, 5.74) is 1.38. The molecule has 6 nitrogen and oxygen atoms in total. The van der Waals surface area contributed by atoms with E-state index in [4.69, 9.17) is 9.73 Å². The van der Waals surface area contributed by atoms with E-state index >= 15 is 0 Å². The van der Waals surface area contributed by atoms with Gasteiger partial charge in [0, 0.05) is 18.2 Å². The average molecular weight is 426 g/mol. The quantitative estimate of drug-likeness (QED) is 0.657. The summed E-state index contributed by atoms with van der Waals surface area (Å²) in [4.78, 5) is 32.2. The van der Waals surface area contributed by atoms with E-state index in [-0.39, 0.29) is 24.3 Å². The van der Waals surface area contributed by atoms with Crippen LogP contribution in [0.25, 0.3) is 0 Å². The van der Waals surface area contributed by atoms with Crippen molar-refractivity contribution in [3.05, 3.63) is 54.6 Å². The van der Waals surface area contributed by atoms with Crippen LogP contribution in [0.5, 0.6) is 5.75 Å². The first-order valence-electron chi connectivity index (χ1n) is 10.1. The third-order valence-electron chi connectivity index (χ3n) is 4.84. The summed E-state index contributed by atoms with van der Waals surface area (Å²) in [6.45, 7) is 4.11. The number of ether oxygens (including phenoxy) is 1. The fourth-order valence-electron chi connectivity index (χ4n) is 3.37. The van der Waals surface area contributed by atoms with E-state index in [1.807, 2.05) is 61.5 Å². The molecule has 1 aliphatic heterocycles. The number of methoxy groups -OCH3 is 1. The van der Waals surface area contributed by atoms with E-state index in [2.05, 4.69) is 12.2 Å². The predicted octanol–water partition coefficient (Wildman–Crippen LogP) is 4.84. The number of aliphatic imine (C=N–C) groups is 1. The van der Waals surface area contributed by atoms with E-state index < -0.39 is 5.25 Å². The zero-order chi connectivity index (χ0) is 21.5. The molecule has 2 aromatic rings. The van der Waals surface area contributed by atoms with Gasteiger partial charge in [-0.3, -0.25) is 14.5 Å². The molecule has 0 aromatic heterocycles. The average Bonchev–Trinajstić information content (AvgIpc) is 3.04. The van der Waals surface area contributed by atoms with E-state index in [1.54, 1.807) is 12.0 Å². The lowest BCUT2D eigenvalue weighted by atomic mass is 10.1. The van der Waals surface area contributed by atoms with E-state index in [9.17, 15) is 9.59 Å². The van der Waals surface area contributed by atoms with Crippen LogP contribution in [0.15, 0.2) is 59.6 Å². The van der Waals surface area contributed by atoms with Gasteiger partial charge in [-0.05, 0) is 37.6 Å². The lowest BCUT2D eigenvalue weighted by Crippen LogP contribution is -2.40. The monoisotopic (exact) mass is 425 g/mol. The molecule has 1 N–H and O–H groups in total. The van der Waals surface area contributed by atoms with Gasteiger partial charge in [0.05, 0.1) is 7.11 Å². The first-order valence-corrected chi connectivity index (χ1v) is 11.0. The fraction of sp³-hybridized carbons (Fsp3) is 0.348. The molecule has 0 aliphatic carbocycles. The Hall–Kier alpha value is -2.80. The molecular weight excluding hydrogens is 398 g/mol. The van der Waals surface area contributed by atoms with Crippen molar-refractivity contribution in [3.8, 4) is 5.75 Å². The number of carbonyl (C=O) groups excluding carboxylic acids is 2. The number of amides is 2. The number of carbonyl (C=O) groups is 2. The van der Waals surface area contributed by atoms with Gasteiger partial charge in [-0.1, -0.05) is 55.4 Å². The van der Waals surface area contributed by atoms with Crippen LogP contribution in [0.1, 0.15) is 33.1 Å². The van der Waals surface area contributed by atoms with Crippen LogP contribution in [0.2, 0.25) is 0 Å². The number of amidine groups is 1. The van der Waals surface area contributed by atoms with Gasteiger partial charge in [-0.25, -0.2) is 4.99 Å². The summed E-state index contributed by atoms with van der Waals surface area (Å²) < 4.78 is 5.40. The first-order chi connectivity index (χ1) is 14.5. The van der Waals surface area contributed by atoms with E-state index in [0.29, 0.717) is 16.6 Å². The minimum Gasteiger partial charge on any atom is -0.494 e. The fourth-order valence-corrected chi connectivity index (χ4v) is 4.61. The highest BCUT2D eigenvalue weighted by molar-refractivity contribution is 8.15. The third-order valence-corrected chi connectivity index (χ3v) is 6.00. The molecule has 2 atom stereocenters. The van der Waals surface area contributed by atoms with Crippen molar-refractivity contribution in [2.45, 2.75) is 44.4 Å². The topological polar surface area (TPSA) is 71.0 Å². The molecule has 0 bridgehead atoms. The summed E-state index contributed by atoms with van der Waals surface area (Å²) in [7, 11) is 1.60. The zero-order valence-electron chi connectivity index (χ0n) is 17.5. The number of rotatable bonds is 8. The lowest BCUT2D eigenvalue weighted by Gasteiger charge is -2.24. The van der Waals surface area contributed by atoms with E-state index in [1.165, 1.54) is 11.8 Å². The van der Waals surface area contributed by atoms with Gasteiger partial charge in [0.2, 0.25) is 11.8 Å². The van der Waals surface area contributed by atoms with Gasteiger partial charge in [-0.15, -0.1) is 0 Å². The van der Waals surface area contributed by atoms with Gasteiger partial charge in [0.15, 0.2) is 5.17 Å². The van der Waals surface area contributed by atoms with Gasteiger partial charge in [-0.2, -0.15) is 0 Å². The normalized spacial score (nSPS) is 18.5. The highest BCUT2D eigenvalue weighted by Crippen LogP contribution is 2.36. The Morgan fingerprint density at radius 3 is 2.60 bits per heavy atom. The number of thioether (sulfide) groups is 1. The molecule has 1 aliphatic rings. The van der Waals surface area contributed by atoms with Crippen LogP contribution in [0.4, 0.5) is 11.4 Å². The van der Waals surface area contributed by atoms with Crippen LogP contribution in [-0.4, -0.2) is 40.3 Å². The minimum atomic E-state index is -0.499. The number of nitrogens with zero attached hydrogens (tertiary/aromatic N) is 2. The Labute approximate surface area is 181 Å². The van der Waals surface area contributed by atoms with Gasteiger partial charge in [0.25, 0.3) is 0 Å². The maximum Gasteiger partial charge on any atom is 0.242 e. The molecule has 0 unspecified atom stereocenters. The SMILES string of the molecule is CCC[C@H](C)N1C(=O)[C@@H](CC(=O)Nc2ccccc2)SC1=Nc1ccccc1OC. The smallest absolute Gasteiger partial charge is 0.242 e. The second-order valence-electron chi connectivity index (χ2n) is 7.14. The number of nitrogens with one attached hydrogen (secondary N) is 1. The summed E-state index contributed by atoms with van der Waals surface area (Å²) in [6.07, 6.45) is 1.91. The van der Waals surface area contributed by atoms with Crippen molar-refractivity contribution in [1.82, 2.24) is 4.90 Å². The Morgan fingerprint density at radius 1 is 1.20 bits per heavy atom. The van der Waals surface area contributed by atoms with Crippen molar-refractivity contribution in [2.24, 2.45) is 4.99 Å². The molecule has 2 aromatic carbocycles. The maximum atomic E-state index is 13.2. The molecule has 1 fully saturated rings. The predicted molar refractivity (Wildman–Crippen MR) is 122 cm³/mol. The molecule has 158 valence electrons. The summed E-state index contributed by atoms with van der Waals surface area (Å²) >= 11 is 1.34. The van der Waals surface area contributed by atoms with Crippen molar-refractivity contribution in [1.29, 1.82) is 0 Å². The molecule has 30 heavy (non-hydrogen) atoms. The highest BCUT2D eigenvalue weighted by atomic mass is 32.2. The van der Waals surface area contributed by atoms with Crippen LogP contribution in [0, 0.1) is 0 Å². The van der Waals surface area contributed by atoms with Gasteiger partial charge >= 0.3 is 0 Å². The van der Waals surface area contributed by atoms with Crippen LogP contribution < -0.4 is 10.1 Å². The molecular formula is C23H27N3O3S.